The fraction of sp³-hybridized carbons (Fsp3) is 0.909. The Hall–Kier alpha value is -0.570. The van der Waals surface area contributed by atoms with Gasteiger partial charge in [0.05, 0.1) is 0 Å². The Balaban J connectivity index is 3.76. The summed E-state index contributed by atoms with van der Waals surface area (Å²) >= 11 is 0. The highest BCUT2D eigenvalue weighted by Gasteiger charge is 2.10. The lowest BCUT2D eigenvalue weighted by molar-refractivity contribution is -0.131. The Morgan fingerprint density at radius 3 is 2.14 bits per heavy atom. The van der Waals surface area contributed by atoms with Gasteiger partial charge in [-0.1, -0.05) is 20.8 Å². The van der Waals surface area contributed by atoms with E-state index < -0.39 is 0 Å². The highest BCUT2D eigenvalue weighted by molar-refractivity contribution is 5.76. The van der Waals surface area contributed by atoms with Gasteiger partial charge in [-0.25, -0.2) is 0 Å². The van der Waals surface area contributed by atoms with E-state index in [1.807, 2.05) is 4.90 Å². The van der Waals surface area contributed by atoms with Crippen molar-refractivity contribution in [2.45, 2.75) is 40.0 Å². The molecule has 0 fully saturated rings. The third-order valence-corrected chi connectivity index (χ3v) is 2.11. The van der Waals surface area contributed by atoms with Crippen molar-refractivity contribution >= 4 is 5.91 Å². The first-order valence-electron chi connectivity index (χ1n) is 5.74. The first-order chi connectivity index (χ1) is 6.76. The van der Waals surface area contributed by atoms with Crippen LogP contribution >= 0.6 is 0 Å². The van der Waals surface area contributed by atoms with Crippen LogP contribution in [0.3, 0.4) is 0 Å². The molecular weight excluding hydrogens is 176 g/mol. The van der Waals surface area contributed by atoms with E-state index in [9.17, 15) is 4.79 Å². The van der Waals surface area contributed by atoms with E-state index in [1.54, 1.807) is 0 Å². The van der Waals surface area contributed by atoms with Crippen molar-refractivity contribution in [2.24, 2.45) is 0 Å². The number of carbonyl (C=O) groups is 1. The molecule has 0 aliphatic rings. The predicted molar refractivity (Wildman–Crippen MR) is 60.3 cm³/mol. The Morgan fingerprint density at radius 1 is 1.14 bits per heavy atom. The average molecular weight is 200 g/mol. The van der Waals surface area contributed by atoms with Gasteiger partial charge in [0.1, 0.15) is 0 Å². The second kappa shape index (κ2) is 9.00. The molecule has 0 aromatic rings. The second-order valence-electron chi connectivity index (χ2n) is 3.48. The molecule has 0 spiro atoms. The molecule has 0 aromatic carbocycles. The van der Waals surface area contributed by atoms with E-state index in [0.29, 0.717) is 6.42 Å². The second-order valence-corrected chi connectivity index (χ2v) is 3.48. The lowest BCUT2D eigenvalue weighted by Gasteiger charge is -2.21. The molecule has 0 saturated heterocycles. The molecule has 0 aliphatic carbocycles. The number of amides is 1. The maximum Gasteiger partial charge on any atom is 0.223 e. The van der Waals surface area contributed by atoms with Gasteiger partial charge >= 0.3 is 0 Å². The first kappa shape index (κ1) is 13.4. The molecule has 0 bridgehead atoms. The van der Waals surface area contributed by atoms with Crippen LogP contribution in [0.5, 0.6) is 0 Å². The minimum Gasteiger partial charge on any atom is -0.343 e. The largest absolute Gasteiger partial charge is 0.343 e. The van der Waals surface area contributed by atoms with E-state index in [0.717, 1.165) is 39.0 Å². The lowest BCUT2D eigenvalue weighted by atomic mass is 10.3. The molecule has 0 saturated carbocycles. The predicted octanol–water partition coefficient (Wildman–Crippen LogP) is 1.63. The Labute approximate surface area is 87.9 Å². The lowest BCUT2D eigenvalue weighted by Crippen LogP contribution is -2.34. The van der Waals surface area contributed by atoms with Gasteiger partial charge < -0.3 is 10.2 Å². The highest BCUT2D eigenvalue weighted by atomic mass is 16.2. The Morgan fingerprint density at radius 2 is 1.71 bits per heavy atom. The summed E-state index contributed by atoms with van der Waals surface area (Å²) in [6.07, 6.45) is 2.73. The Bertz CT molecular complexity index is 142. The van der Waals surface area contributed by atoms with E-state index >= 15 is 0 Å². The normalized spacial score (nSPS) is 10.2. The third kappa shape index (κ3) is 5.97. The van der Waals surface area contributed by atoms with Gasteiger partial charge in [-0.05, 0) is 19.4 Å². The minimum absolute atomic E-state index is 0.287. The van der Waals surface area contributed by atoms with Crippen molar-refractivity contribution in [1.29, 1.82) is 0 Å². The summed E-state index contributed by atoms with van der Waals surface area (Å²) in [6.45, 7) is 9.83. The summed E-state index contributed by atoms with van der Waals surface area (Å²) in [6, 6.07) is 0. The zero-order valence-corrected chi connectivity index (χ0v) is 9.81. The van der Waals surface area contributed by atoms with Crippen LogP contribution in [0.15, 0.2) is 0 Å². The highest BCUT2D eigenvalue weighted by Crippen LogP contribution is 1.97. The number of hydrogen-bond donors (Lipinski definition) is 1. The van der Waals surface area contributed by atoms with Gasteiger partial charge in [0, 0.05) is 26.1 Å². The maximum absolute atomic E-state index is 11.7. The van der Waals surface area contributed by atoms with Gasteiger partial charge in [-0.15, -0.1) is 0 Å². The number of nitrogens with zero attached hydrogens (tertiary/aromatic N) is 1. The van der Waals surface area contributed by atoms with Crippen LogP contribution < -0.4 is 5.32 Å². The van der Waals surface area contributed by atoms with Gasteiger partial charge in [-0.3, -0.25) is 4.79 Å². The van der Waals surface area contributed by atoms with Gasteiger partial charge in [0.25, 0.3) is 0 Å². The molecule has 0 rings (SSSR count). The quantitative estimate of drug-likeness (QED) is 0.604. The van der Waals surface area contributed by atoms with Crippen molar-refractivity contribution in [3.05, 3.63) is 0 Å². The first-order valence-corrected chi connectivity index (χ1v) is 5.74. The minimum atomic E-state index is 0.287. The number of rotatable bonds is 8. The molecule has 1 amide bonds. The molecule has 0 heterocycles. The molecule has 0 aliphatic heterocycles. The molecule has 0 unspecified atom stereocenters. The van der Waals surface area contributed by atoms with Gasteiger partial charge in [-0.2, -0.15) is 0 Å². The van der Waals surface area contributed by atoms with Crippen LogP contribution in [0.4, 0.5) is 0 Å². The molecular formula is C11H24N2O. The van der Waals surface area contributed by atoms with Crippen LogP contribution in [0.25, 0.3) is 0 Å². The summed E-state index contributed by atoms with van der Waals surface area (Å²) in [4.78, 5) is 13.7. The molecule has 1 N–H and O–H groups in total. The molecule has 0 atom stereocenters. The number of hydrogen-bond acceptors (Lipinski definition) is 2. The molecule has 3 nitrogen and oxygen atoms in total. The summed E-state index contributed by atoms with van der Waals surface area (Å²) in [7, 11) is 0. The van der Waals surface area contributed by atoms with Crippen LogP contribution in [-0.4, -0.2) is 37.0 Å². The van der Waals surface area contributed by atoms with E-state index in [2.05, 4.69) is 26.1 Å². The summed E-state index contributed by atoms with van der Waals surface area (Å²) in [5.41, 5.74) is 0. The molecule has 14 heavy (non-hydrogen) atoms. The summed E-state index contributed by atoms with van der Waals surface area (Å²) in [5.74, 6) is 0.287. The smallest absolute Gasteiger partial charge is 0.223 e. The zero-order valence-electron chi connectivity index (χ0n) is 9.81. The van der Waals surface area contributed by atoms with Crippen molar-refractivity contribution in [1.82, 2.24) is 10.2 Å². The average Bonchev–Trinajstić information content (AvgIpc) is 2.18. The fourth-order valence-corrected chi connectivity index (χ4v) is 1.43. The van der Waals surface area contributed by atoms with Crippen molar-refractivity contribution in [3.63, 3.8) is 0 Å². The van der Waals surface area contributed by atoms with Crippen LogP contribution in [0.1, 0.15) is 40.0 Å². The molecule has 84 valence electrons. The van der Waals surface area contributed by atoms with Crippen LogP contribution in [0, 0.1) is 0 Å². The number of nitrogens with one attached hydrogen (secondary N) is 1. The van der Waals surface area contributed by atoms with Crippen molar-refractivity contribution in [3.8, 4) is 0 Å². The summed E-state index contributed by atoms with van der Waals surface area (Å²) in [5, 5.41) is 3.17. The van der Waals surface area contributed by atoms with Crippen molar-refractivity contribution < 1.29 is 4.79 Å². The number of carbonyl (C=O) groups excluding carboxylic acids is 1. The van der Waals surface area contributed by atoms with Gasteiger partial charge in [0.2, 0.25) is 5.91 Å². The monoisotopic (exact) mass is 200 g/mol. The topological polar surface area (TPSA) is 32.3 Å². The zero-order chi connectivity index (χ0) is 10.8. The SMILES string of the molecule is CCCN(CCC)C(=O)CCNCC. The molecule has 0 radical (unpaired) electrons. The summed E-state index contributed by atoms with van der Waals surface area (Å²) < 4.78 is 0. The Kier molecular flexibility index (Phi) is 8.64. The fourth-order valence-electron chi connectivity index (χ4n) is 1.43. The third-order valence-electron chi connectivity index (χ3n) is 2.11. The maximum atomic E-state index is 11.7. The molecule has 0 aromatic heterocycles. The van der Waals surface area contributed by atoms with E-state index in [4.69, 9.17) is 0 Å². The standard InChI is InChI=1S/C11H24N2O/c1-4-9-13(10-5-2)11(14)7-8-12-6-3/h12H,4-10H2,1-3H3. The van der Waals surface area contributed by atoms with E-state index in [-0.39, 0.29) is 5.91 Å². The van der Waals surface area contributed by atoms with Crippen LogP contribution in [0.2, 0.25) is 0 Å². The van der Waals surface area contributed by atoms with Crippen LogP contribution in [-0.2, 0) is 4.79 Å². The van der Waals surface area contributed by atoms with Crippen molar-refractivity contribution in [2.75, 3.05) is 26.2 Å². The molecule has 3 heteroatoms. The van der Waals surface area contributed by atoms with Gasteiger partial charge in [0.15, 0.2) is 0 Å². The van der Waals surface area contributed by atoms with E-state index in [1.165, 1.54) is 0 Å².